The zero-order chi connectivity index (χ0) is 10.9. The first kappa shape index (κ1) is 11.3. The van der Waals surface area contributed by atoms with Crippen molar-refractivity contribution in [2.45, 2.75) is 6.54 Å². The van der Waals surface area contributed by atoms with Crippen LogP contribution in [0.15, 0.2) is 39.7 Å². The van der Waals surface area contributed by atoms with Crippen molar-refractivity contribution in [1.29, 1.82) is 0 Å². The van der Waals surface area contributed by atoms with Crippen LogP contribution in [0.4, 0.5) is 5.69 Å². The Morgan fingerprint density at radius 2 is 2.33 bits per heavy atom. The van der Waals surface area contributed by atoms with Crippen LogP contribution in [0.25, 0.3) is 0 Å². The van der Waals surface area contributed by atoms with Crippen LogP contribution in [-0.4, -0.2) is 12.2 Å². The van der Waals surface area contributed by atoms with Crippen LogP contribution in [0.1, 0.15) is 5.56 Å². The summed E-state index contributed by atoms with van der Waals surface area (Å²) in [5, 5.41) is 13.7. The Morgan fingerprint density at radius 3 is 3.07 bits per heavy atom. The molecule has 15 heavy (non-hydrogen) atoms. The fourth-order valence-electron chi connectivity index (χ4n) is 1.01. The van der Waals surface area contributed by atoms with Gasteiger partial charge in [0.05, 0.1) is 12.0 Å². The van der Waals surface area contributed by atoms with Gasteiger partial charge in [0.1, 0.15) is 0 Å². The molecule has 6 heteroatoms. The van der Waals surface area contributed by atoms with E-state index < -0.39 is 0 Å². The summed E-state index contributed by atoms with van der Waals surface area (Å²) in [7, 11) is 0. The van der Waals surface area contributed by atoms with Gasteiger partial charge in [-0.1, -0.05) is 29.6 Å². The summed E-state index contributed by atoms with van der Waals surface area (Å²) < 4.78 is 0. The summed E-state index contributed by atoms with van der Waals surface area (Å²) >= 11 is 4.69. The summed E-state index contributed by atoms with van der Waals surface area (Å²) in [6.07, 6.45) is 0. The van der Waals surface area contributed by atoms with E-state index in [2.05, 4.69) is 33.0 Å². The molecule has 0 atom stereocenters. The lowest BCUT2D eigenvalue weighted by atomic mass is 10.2. The lowest BCUT2D eigenvalue weighted by molar-refractivity contribution is 0.713. The molecule has 0 aliphatic heterocycles. The van der Waals surface area contributed by atoms with Gasteiger partial charge < -0.3 is 5.32 Å². The first-order valence-electron chi connectivity index (χ1n) is 4.23. The second-order valence-corrected chi connectivity index (χ2v) is 2.86. The molecule has 0 spiro atoms. The van der Waals surface area contributed by atoms with E-state index >= 15 is 0 Å². The Hall–Kier alpha value is -1.82. The van der Waals surface area contributed by atoms with E-state index in [-0.39, 0.29) is 0 Å². The number of hydrogen-bond donors (Lipinski definition) is 2. The van der Waals surface area contributed by atoms with Crippen LogP contribution < -0.4 is 10.9 Å². The minimum Gasteiger partial charge on any atom is -0.353 e. The van der Waals surface area contributed by atoms with E-state index in [1.807, 2.05) is 24.3 Å². The maximum atomic E-state index is 4.69. The molecule has 0 bridgehead atoms. The number of hydrazone groups is 1. The van der Waals surface area contributed by atoms with Crippen LogP contribution in [0, 0.1) is 0 Å². The molecule has 0 fully saturated rings. The van der Waals surface area contributed by atoms with Crippen LogP contribution in [0.5, 0.6) is 0 Å². The van der Waals surface area contributed by atoms with Crippen LogP contribution in [0.2, 0.25) is 0 Å². The van der Waals surface area contributed by atoms with Crippen molar-refractivity contribution in [3.63, 3.8) is 0 Å². The highest BCUT2D eigenvalue weighted by molar-refractivity contribution is 7.79. The number of hydrogen-bond acceptors (Lipinski definition) is 4. The van der Waals surface area contributed by atoms with Gasteiger partial charge in [-0.05, 0) is 17.7 Å². The fraction of sp³-hybridized carbons (Fsp3) is 0.111. The Labute approximate surface area is 93.3 Å². The molecule has 1 rings (SSSR count). The SMILES string of the molecule is C=NNN=NCc1cccc(NC=S)c1. The Bertz CT molecular complexity index is 363. The molecule has 0 radical (unpaired) electrons. The maximum Gasteiger partial charge on any atom is 0.0872 e. The van der Waals surface area contributed by atoms with Crippen LogP contribution in [-0.2, 0) is 6.54 Å². The molecule has 0 unspecified atom stereocenters. The second-order valence-electron chi connectivity index (χ2n) is 2.62. The summed E-state index contributed by atoms with van der Waals surface area (Å²) in [6, 6.07) is 7.75. The second kappa shape index (κ2) is 6.61. The first-order chi connectivity index (χ1) is 7.36. The summed E-state index contributed by atoms with van der Waals surface area (Å²) in [5.41, 5.74) is 5.73. The smallest absolute Gasteiger partial charge is 0.0872 e. The van der Waals surface area contributed by atoms with E-state index in [4.69, 9.17) is 12.2 Å². The Balaban J connectivity index is 2.56. The van der Waals surface area contributed by atoms with Crippen molar-refractivity contribution >= 4 is 30.1 Å². The van der Waals surface area contributed by atoms with Crippen molar-refractivity contribution in [1.82, 2.24) is 5.53 Å². The number of thiocarbonyl (C=S) groups is 1. The maximum absolute atomic E-state index is 4.69. The highest BCUT2D eigenvalue weighted by Crippen LogP contribution is 2.10. The van der Waals surface area contributed by atoms with Gasteiger partial charge in [-0.25, -0.2) is 0 Å². The highest BCUT2D eigenvalue weighted by Gasteiger charge is 1.93. The molecule has 1 aromatic rings. The lowest BCUT2D eigenvalue weighted by Crippen LogP contribution is -1.93. The number of benzene rings is 1. The van der Waals surface area contributed by atoms with Crippen molar-refractivity contribution in [2.75, 3.05) is 5.32 Å². The zero-order valence-corrected chi connectivity index (χ0v) is 8.87. The molecule has 5 nitrogen and oxygen atoms in total. The average Bonchev–Trinajstić information content (AvgIpc) is 2.26. The normalized spacial score (nSPS) is 9.87. The van der Waals surface area contributed by atoms with E-state index in [0.717, 1.165) is 11.3 Å². The molecule has 0 aromatic heterocycles. The Morgan fingerprint density at radius 1 is 1.47 bits per heavy atom. The first-order valence-corrected chi connectivity index (χ1v) is 4.70. The van der Waals surface area contributed by atoms with E-state index in [1.165, 1.54) is 5.49 Å². The summed E-state index contributed by atoms with van der Waals surface area (Å²) in [6.45, 7) is 3.68. The van der Waals surface area contributed by atoms with Crippen molar-refractivity contribution in [3.8, 4) is 0 Å². The largest absolute Gasteiger partial charge is 0.353 e. The monoisotopic (exact) mass is 221 g/mol. The molecule has 0 amide bonds. The van der Waals surface area contributed by atoms with E-state index in [0.29, 0.717) is 6.54 Å². The zero-order valence-electron chi connectivity index (χ0n) is 8.05. The molecule has 1 aromatic carbocycles. The quantitative estimate of drug-likeness (QED) is 0.335. The topological polar surface area (TPSA) is 61.1 Å². The van der Waals surface area contributed by atoms with E-state index in [1.54, 1.807) is 0 Å². The summed E-state index contributed by atoms with van der Waals surface area (Å²) in [5.74, 6) is 0. The molecular weight excluding hydrogens is 210 g/mol. The van der Waals surface area contributed by atoms with Gasteiger partial charge in [0.25, 0.3) is 0 Å². The van der Waals surface area contributed by atoms with Gasteiger partial charge in [0, 0.05) is 12.4 Å². The standard InChI is InChI=1S/C9H11N5S/c1-10-13-14-12-6-8-3-2-4-9(5-8)11-7-15/h2-5,7H,1,6H2,(H,11,15)(H,12,13). The molecular formula is C9H11N5S. The van der Waals surface area contributed by atoms with Gasteiger partial charge in [-0.3, -0.25) is 0 Å². The van der Waals surface area contributed by atoms with Crippen LogP contribution >= 0.6 is 12.2 Å². The number of rotatable bonds is 6. The predicted molar refractivity (Wildman–Crippen MR) is 65.0 cm³/mol. The predicted octanol–water partition coefficient (Wildman–Crippen LogP) is 2.13. The summed E-state index contributed by atoms with van der Waals surface area (Å²) in [4.78, 5) is 0. The van der Waals surface area contributed by atoms with Gasteiger partial charge in [-0.15, -0.1) is 0 Å². The molecule has 78 valence electrons. The third kappa shape index (κ3) is 4.28. The third-order valence-electron chi connectivity index (χ3n) is 1.59. The number of nitrogens with zero attached hydrogens (tertiary/aromatic N) is 3. The van der Waals surface area contributed by atoms with Gasteiger partial charge in [0.2, 0.25) is 0 Å². The highest BCUT2D eigenvalue weighted by atomic mass is 32.1. The van der Waals surface area contributed by atoms with Gasteiger partial charge in [0.15, 0.2) is 0 Å². The van der Waals surface area contributed by atoms with Crippen molar-refractivity contribution < 1.29 is 0 Å². The number of nitrogens with one attached hydrogen (secondary N) is 2. The van der Waals surface area contributed by atoms with E-state index in [9.17, 15) is 0 Å². The molecule has 0 aliphatic rings. The lowest BCUT2D eigenvalue weighted by Gasteiger charge is -2.01. The van der Waals surface area contributed by atoms with Gasteiger partial charge >= 0.3 is 0 Å². The fourth-order valence-corrected chi connectivity index (χ4v) is 1.14. The molecule has 0 aliphatic carbocycles. The third-order valence-corrected chi connectivity index (χ3v) is 1.71. The van der Waals surface area contributed by atoms with Crippen molar-refractivity contribution in [3.05, 3.63) is 29.8 Å². The van der Waals surface area contributed by atoms with Crippen molar-refractivity contribution in [2.24, 2.45) is 15.4 Å². The number of anilines is 1. The average molecular weight is 221 g/mol. The minimum atomic E-state index is 0.482. The molecule has 0 saturated heterocycles. The molecule has 2 N–H and O–H groups in total. The molecule has 0 heterocycles. The van der Waals surface area contributed by atoms with Gasteiger partial charge in [-0.2, -0.15) is 15.8 Å². The molecule has 0 saturated carbocycles. The minimum absolute atomic E-state index is 0.482. The Kier molecular flexibility index (Phi) is 4.96. The van der Waals surface area contributed by atoms with Crippen LogP contribution in [0.3, 0.4) is 0 Å².